The van der Waals surface area contributed by atoms with Gasteiger partial charge in [-0.25, -0.2) is 9.59 Å². The monoisotopic (exact) mass is 260 g/mol. The van der Waals surface area contributed by atoms with Crippen molar-refractivity contribution in [1.29, 1.82) is 0 Å². The number of aliphatic hydroxyl groups excluding tert-OH is 2. The maximum absolute atomic E-state index is 11.0. The third-order valence-corrected chi connectivity index (χ3v) is 2.55. The molecule has 104 valence electrons. The summed E-state index contributed by atoms with van der Waals surface area (Å²) in [5.41, 5.74) is -0.206. The first kappa shape index (κ1) is 16.6. The average Bonchev–Trinajstić information content (AvgIpc) is 2.31. The van der Waals surface area contributed by atoms with Crippen LogP contribution in [-0.4, -0.2) is 45.6 Å². The molecule has 0 radical (unpaired) electrons. The van der Waals surface area contributed by atoms with Crippen molar-refractivity contribution in [3.05, 3.63) is 11.1 Å². The van der Waals surface area contributed by atoms with Crippen molar-refractivity contribution in [2.45, 2.75) is 38.5 Å². The Morgan fingerprint density at radius 3 is 1.22 bits per heavy atom. The molecule has 0 saturated carbocycles. The second-order valence-corrected chi connectivity index (χ2v) is 3.93. The van der Waals surface area contributed by atoms with Crippen LogP contribution in [-0.2, 0) is 9.59 Å². The highest BCUT2D eigenvalue weighted by atomic mass is 16.4. The maximum Gasteiger partial charge on any atom is 0.332 e. The molecule has 0 aromatic heterocycles. The van der Waals surface area contributed by atoms with E-state index < -0.39 is 11.9 Å². The molecule has 0 saturated heterocycles. The molecule has 0 spiro atoms. The average molecular weight is 260 g/mol. The first-order valence-electron chi connectivity index (χ1n) is 5.95. The van der Waals surface area contributed by atoms with Crippen LogP contribution in [0.4, 0.5) is 0 Å². The van der Waals surface area contributed by atoms with Crippen molar-refractivity contribution >= 4 is 11.9 Å². The molecule has 0 aliphatic heterocycles. The van der Waals surface area contributed by atoms with Gasteiger partial charge in [-0.15, -0.1) is 0 Å². The number of hydrogen-bond acceptors (Lipinski definition) is 4. The molecule has 0 fully saturated rings. The van der Waals surface area contributed by atoms with Gasteiger partial charge in [0.15, 0.2) is 0 Å². The fraction of sp³-hybridized carbons (Fsp3) is 0.667. The summed E-state index contributed by atoms with van der Waals surface area (Å²) >= 11 is 0. The third-order valence-electron chi connectivity index (χ3n) is 2.55. The minimum atomic E-state index is -1.23. The normalized spacial score (nSPS) is 12.1. The van der Waals surface area contributed by atoms with Crippen LogP contribution in [0.15, 0.2) is 11.1 Å². The molecule has 0 heterocycles. The zero-order valence-corrected chi connectivity index (χ0v) is 10.3. The molecule has 0 aliphatic carbocycles. The Kier molecular flexibility index (Phi) is 8.86. The van der Waals surface area contributed by atoms with Crippen molar-refractivity contribution in [3.63, 3.8) is 0 Å². The van der Waals surface area contributed by atoms with Crippen molar-refractivity contribution < 1.29 is 30.0 Å². The smallest absolute Gasteiger partial charge is 0.332 e. The van der Waals surface area contributed by atoms with Crippen LogP contribution in [0.25, 0.3) is 0 Å². The molecule has 4 N–H and O–H groups in total. The van der Waals surface area contributed by atoms with Crippen LogP contribution >= 0.6 is 0 Å². The van der Waals surface area contributed by atoms with Crippen molar-refractivity contribution in [2.24, 2.45) is 0 Å². The summed E-state index contributed by atoms with van der Waals surface area (Å²) in [4.78, 5) is 22.1. The van der Waals surface area contributed by atoms with Gasteiger partial charge in [0.05, 0.1) is 0 Å². The lowest BCUT2D eigenvalue weighted by molar-refractivity contribution is -0.136. The highest BCUT2D eigenvalue weighted by molar-refractivity contribution is 5.98. The van der Waals surface area contributed by atoms with Crippen LogP contribution < -0.4 is 0 Å². The van der Waals surface area contributed by atoms with Gasteiger partial charge in [0, 0.05) is 24.4 Å². The number of aliphatic carboxylic acids is 2. The van der Waals surface area contributed by atoms with E-state index in [4.69, 9.17) is 20.4 Å². The second kappa shape index (κ2) is 9.61. The van der Waals surface area contributed by atoms with E-state index in [1.54, 1.807) is 0 Å². The minimum absolute atomic E-state index is 0.0418. The van der Waals surface area contributed by atoms with E-state index in [1.165, 1.54) is 0 Å². The fourth-order valence-corrected chi connectivity index (χ4v) is 1.60. The lowest BCUT2D eigenvalue weighted by Gasteiger charge is -2.08. The number of carboxylic acid groups (broad SMARTS) is 2. The molecule has 0 bridgehead atoms. The molecule has 0 aromatic rings. The SMILES string of the molecule is O=C(O)C(CCCCO)=C(CCCCO)C(=O)O. The Morgan fingerprint density at radius 1 is 0.667 bits per heavy atom. The highest BCUT2D eigenvalue weighted by Gasteiger charge is 2.19. The van der Waals surface area contributed by atoms with Crippen LogP contribution in [0.5, 0.6) is 0 Å². The molecule has 0 atom stereocenters. The van der Waals surface area contributed by atoms with E-state index in [2.05, 4.69) is 0 Å². The molecule has 6 nitrogen and oxygen atoms in total. The van der Waals surface area contributed by atoms with Gasteiger partial charge in [0.2, 0.25) is 0 Å². The van der Waals surface area contributed by atoms with E-state index in [9.17, 15) is 9.59 Å². The number of unbranched alkanes of at least 4 members (excludes halogenated alkanes) is 2. The van der Waals surface area contributed by atoms with Gasteiger partial charge < -0.3 is 20.4 Å². The second-order valence-electron chi connectivity index (χ2n) is 3.93. The first-order chi connectivity index (χ1) is 8.54. The highest BCUT2D eigenvalue weighted by Crippen LogP contribution is 2.18. The van der Waals surface area contributed by atoms with E-state index in [0.29, 0.717) is 25.7 Å². The number of rotatable bonds is 10. The maximum atomic E-state index is 11.0. The molecule has 0 aliphatic rings. The molecule has 6 heteroatoms. The van der Waals surface area contributed by atoms with Gasteiger partial charge in [-0.2, -0.15) is 0 Å². The van der Waals surface area contributed by atoms with Crippen molar-refractivity contribution in [1.82, 2.24) is 0 Å². The van der Waals surface area contributed by atoms with Crippen LogP contribution in [0, 0.1) is 0 Å². The summed E-state index contributed by atoms with van der Waals surface area (Å²) in [6.07, 6.45) is 2.04. The van der Waals surface area contributed by atoms with Crippen LogP contribution in [0.2, 0.25) is 0 Å². The first-order valence-corrected chi connectivity index (χ1v) is 5.95. The van der Waals surface area contributed by atoms with E-state index in [1.807, 2.05) is 0 Å². The Morgan fingerprint density at radius 2 is 1.00 bits per heavy atom. The molecular formula is C12H20O6. The largest absolute Gasteiger partial charge is 0.478 e. The van der Waals surface area contributed by atoms with Gasteiger partial charge in [-0.1, -0.05) is 0 Å². The molecule has 0 unspecified atom stereocenters. The summed E-state index contributed by atoms with van der Waals surface area (Å²) < 4.78 is 0. The van der Waals surface area contributed by atoms with Gasteiger partial charge in [-0.05, 0) is 38.5 Å². The molecule has 0 rings (SSSR count). The third kappa shape index (κ3) is 6.36. The van der Waals surface area contributed by atoms with Crippen LogP contribution in [0.3, 0.4) is 0 Å². The summed E-state index contributed by atoms with van der Waals surface area (Å²) in [6.45, 7) is -0.0837. The summed E-state index contributed by atoms with van der Waals surface area (Å²) in [7, 11) is 0. The Bertz CT molecular complexity index is 278. The lowest BCUT2D eigenvalue weighted by atomic mass is 9.98. The molecule has 0 aromatic carbocycles. The quantitative estimate of drug-likeness (QED) is 0.341. The zero-order chi connectivity index (χ0) is 14.0. The van der Waals surface area contributed by atoms with Gasteiger partial charge >= 0.3 is 11.9 Å². The van der Waals surface area contributed by atoms with Crippen molar-refractivity contribution in [3.8, 4) is 0 Å². The molecular weight excluding hydrogens is 240 g/mol. The van der Waals surface area contributed by atoms with Crippen LogP contribution in [0.1, 0.15) is 38.5 Å². The van der Waals surface area contributed by atoms with E-state index in [0.717, 1.165) is 0 Å². The standard InChI is InChI=1S/C12H20O6/c13-7-3-1-5-9(11(15)16)10(12(17)18)6-2-4-8-14/h13-14H,1-8H2,(H,15,16)(H,17,18). The minimum Gasteiger partial charge on any atom is -0.478 e. The predicted octanol–water partition coefficient (Wildman–Crippen LogP) is 0.777. The van der Waals surface area contributed by atoms with Gasteiger partial charge in [0.1, 0.15) is 0 Å². The topological polar surface area (TPSA) is 115 Å². The summed E-state index contributed by atoms with van der Waals surface area (Å²) in [5, 5.41) is 35.3. The summed E-state index contributed by atoms with van der Waals surface area (Å²) in [6, 6.07) is 0. The lowest BCUT2D eigenvalue weighted by Crippen LogP contribution is -2.12. The van der Waals surface area contributed by atoms with Gasteiger partial charge in [0.25, 0.3) is 0 Å². The number of carboxylic acids is 2. The summed E-state index contributed by atoms with van der Waals surface area (Å²) in [5.74, 6) is -2.45. The van der Waals surface area contributed by atoms with E-state index >= 15 is 0 Å². The number of carbonyl (C=O) groups is 2. The predicted molar refractivity (Wildman–Crippen MR) is 64.2 cm³/mol. The fourth-order valence-electron chi connectivity index (χ4n) is 1.60. The van der Waals surface area contributed by atoms with Gasteiger partial charge in [-0.3, -0.25) is 0 Å². The molecule has 0 amide bonds. The number of hydrogen-bond donors (Lipinski definition) is 4. The Labute approximate surface area is 106 Å². The molecule has 18 heavy (non-hydrogen) atoms. The Balaban J connectivity index is 4.80. The Hall–Kier alpha value is -1.40. The number of aliphatic hydroxyl groups is 2. The van der Waals surface area contributed by atoms with E-state index in [-0.39, 0.29) is 37.2 Å². The zero-order valence-electron chi connectivity index (χ0n) is 10.3. The van der Waals surface area contributed by atoms with Crippen molar-refractivity contribution in [2.75, 3.05) is 13.2 Å².